The van der Waals surface area contributed by atoms with Gasteiger partial charge in [0, 0.05) is 28.4 Å². The summed E-state index contributed by atoms with van der Waals surface area (Å²) in [5, 5.41) is 13.2. The third-order valence-corrected chi connectivity index (χ3v) is 5.64. The quantitative estimate of drug-likeness (QED) is 0.589. The number of amides is 1. The standard InChI is InChI=1S/C19H18Cl2N4OS/c1-12-4-3-5-13(8-12)18(26)22-10-17-23-24-19(25(17)2)27-11-14-6-7-15(20)9-16(14)21/h3-9H,10-11H2,1-2H3,(H,22,26). The number of nitrogens with one attached hydrogen (secondary N) is 1. The fourth-order valence-electron chi connectivity index (χ4n) is 2.45. The van der Waals surface area contributed by atoms with Gasteiger partial charge >= 0.3 is 0 Å². The molecule has 1 N–H and O–H groups in total. The Labute approximate surface area is 172 Å². The lowest BCUT2D eigenvalue weighted by Gasteiger charge is -2.07. The first kappa shape index (κ1) is 19.7. The monoisotopic (exact) mass is 420 g/mol. The largest absolute Gasteiger partial charge is 0.345 e. The first-order valence-corrected chi connectivity index (χ1v) is 9.98. The zero-order valence-electron chi connectivity index (χ0n) is 14.9. The van der Waals surface area contributed by atoms with Crippen LogP contribution in [-0.4, -0.2) is 20.7 Å². The third kappa shape index (κ3) is 5.03. The summed E-state index contributed by atoms with van der Waals surface area (Å²) in [6.07, 6.45) is 0. The molecule has 0 fully saturated rings. The van der Waals surface area contributed by atoms with E-state index in [1.54, 1.807) is 12.1 Å². The first-order chi connectivity index (χ1) is 12.9. The Morgan fingerprint density at radius 2 is 2.00 bits per heavy atom. The molecule has 3 rings (SSSR count). The van der Waals surface area contributed by atoms with Gasteiger partial charge in [-0.15, -0.1) is 10.2 Å². The van der Waals surface area contributed by atoms with Crippen LogP contribution >= 0.6 is 35.0 Å². The molecule has 0 bridgehead atoms. The van der Waals surface area contributed by atoms with Crippen LogP contribution in [0.1, 0.15) is 27.3 Å². The van der Waals surface area contributed by atoms with Gasteiger partial charge in [0.15, 0.2) is 11.0 Å². The molecule has 0 aliphatic rings. The molecule has 2 aromatic carbocycles. The minimum absolute atomic E-state index is 0.135. The highest BCUT2D eigenvalue weighted by Gasteiger charge is 2.12. The molecule has 0 saturated heterocycles. The van der Waals surface area contributed by atoms with E-state index >= 15 is 0 Å². The average molecular weight is 421 g/mol. The molecule has 27 heavy (non-hydrogen) atoms. The van der Waals surface area contributed by atoms with Crippen molar-refractivity contribution < 1.29 is 4.79 Å². The van der Waals surface area contributed by atoms with Crippen molar-refractivity contribution in [3.63, 3.8) is 0 Å². The number of rotatable bonds is 6. The van der Waals surface area contributed by atoms with E-state index < -0.39 is 0 Å². The van der Waals surface area contributed by atoms with Crippen LogP contribution in [0.3, 0.4) is 0 Å². The van der Waals surface area contributed by atoms with Crippen molar-refractivity contribution in [2.24, 2.45) is 7.05 Å². The van der Waals surface area contributed by atoms with Crippen LogP contribution in [0.5, 0.6) is 0 Å². The molecule has 1 heterocycles. The van der Waals surface area contributed by atoms with Gasteiger partial charge in [0.25, 0.3) is 5.91 Å². The fraction of sp³-hybridized carbons (Fsp3) is 0.211. The van der Waals surface area contributed by atoms with E-state index in [0.717, 1.165) is 16.3 Å². The minimum atomic E-state index is -0.135. The number of carbonyl (C=O) groups excluding carboxylic acids is 1. The number of hydrogen-bond donors (Lipinski definition) is 1. The molecule has 0 unspecified atom stereocenters. The minimum Gasteiger partial charge on any atom is -0.345 e. The van der Waals surface area contributed by atoms with Gasteiger partial charge in [0.1, 0.15) is 0 Å². The smallest absolute Gasteiger partial charge is 0.251 e. The van der Waals surface area contributed by atoms with E-state index in [0.29, 0.717) is 33.7 Å². The summed E-state index contributed by atoms with van der Waals surface area (Å²) in [5.74, 6) is 1.20. The number of carbonyl (C=O) groups is 1. The molecule has 0 aliphatic carbocycles. The maximum atomic E-state index is 12.3. The zero-order chi connectivity index (χ0) is 19.4. The Bertz CT molecular complexity index is 974. The summed E-state index contributed by atoms with van der Waals surface area (Å²) in [6, 6.07) is 12.9. The summed E-state index contributed by atoms with van der Waals surface area (Å²) < 4.78 is 1.87. The number of aryl methyl sites for hydroxylation is 1. The third-order valence-electron chi connectivity index (χ3n) is 3.98. The molecule has 0 spiro atoms. The lowest BCUT2D eigenvalue weighted by Crippen LogP contribution is -2.24. The van der Waals surface area contributed by atoms with Crippen LogP contribution in [-0.2, 0) is 19.3 Å². The molecule has 0 atom stereocenters. The Morgan fingerprint density at radius 1 is 1.19 bits per heavy atom. The second-order valence-corrected chi connectivity index (χ2v) is 7.82. The van der Waals surface area contributed by atoms with Gasteiger partial charge < -0.3 is 9.88 Å². The van der Waals surface area contributed by atoms with Crippen molar-refractivity contribution >= 4 is 40.9 Å². The average Bonchev–Trinajstić information content (AvgIpc) is 2.99. The van der Waals surface area contributed by atoms with E-state index in [4.69, 9.17) is 23.2 Å². The van der Waals surface area contributed by atoms with Gasteiger partial charge in [-0.1, -0.05) is 58.7 Å². The molecule has 0 radical (unpaired) electrons. The van der Waals surface area contributed by atoms with Crippen molar-refractivity contribution in [3.8, 4) is 0 Å². The lowest BCUT2D eigenvalue weighted by atomic mass is 10.1. The summed E-state index contributed by atoms with van der Waals surface area (Å²) in [6.45, 7) is 2.26. The second kappa shape index (κ2) is 8.78. The second-order valence-electron chi connectivity index (χ2n) is 6.03. The molecule has 3 aromatic rings. The van der Waals surface area contributed by atoms with Crippen molar-refractivity contribution in [3.05, 3.63) is 75.0 Å². The molecule has 1 aromatic heterocycles. The van der Waals surface area contributed by atoms with Crippen LogP contribution in [0, 0.1) is 6.92 Å². The molecule has 8 heteroatoms. The highest BCUT2D eigenvalue weighted by atomic mass is 35.5. The van der Waals surface area contributed by atoms with Crippen LogP contribution < -0.4 is 5.32 Å². The number of halogens is 2. The van der Waals surface area contributed by atoms with Gasteiger partial charge in [-0.3, -0.25) is 4.79 Å². The Balaban J connectivity index is 1.60. The molecular weight excluding hydrogens is 403 g/mol. The molecule has 5 nitrogen and oxygen atoms in total. The number of nitrogens with zero attached hydrogens (tertiary/aromatic N) is 3. The molecular formula is C19H18Cl2N4OS. The maximum Gasteiger partial charge on any atom is 0.251 e. The lowest BCUT2D eigenvalue weighted by molar-refractivity contribution is 0.0949. The van der Waals surface area contributed by atoms with E-state index in [1.807, 2.05) is 48.9 Å². The van der Waals surface area contributed by atoms with E-state index in [-0.39, 0.29) is 5.91 Å². The van der Waals surface area contributed by atoms with Gasteiger partial charge in [0.05, 0.1) is 6.54 Å². The summed E-state index contributed by atoms with van der Waals surface area (Å²) in [4.78, 5) is 12.3. The normalized spacial score (nSPS) is 10.8. The molecule has 0 saturated carbocycles. The van der Waals surface area contributed by atoms with Crippen molar-refractivity contribution in [1.82, 2.24) is 20.1 Å². The van der Waals surface area contributed by atoms with Gasteiger partial charge in [0.2, 0.25) is 0 Å². The van der Waals surface area contributed by atoms with Crippen molar-refractivity contribution in [2.75, 3.05) is 0 Å². The van der Waals surface area contributed by atoms with E-state index in [9.17, 15) is 4.79 Å². The Kier molecular flexibility index (Phi) is 6.42. The Morgan fingerprint density at radius 3 is 2.74 bits per heavy atom. The van der Waals surface area contributed by atoms with Gasteiger partial charge in [-0.25, -0.2) is 0 Å². The van der Waals surface area contributed by atoms with Crippen LogP contribution in [0.15, 0.2) is 47.6 Å². The number of thioether (sulfide) groups is 1. The summed E-state index contributed by atoms with van der Waals surface area (Å²) in [7, 11) is 1.87. The van der Waals surface area contributed by atoms with Gasteiger partial charge in [-0.2, -0.15) is 0 Å². The topological polar surface area (TPSA) is 59.8 Å². The first-order valence-electron chi connectivity index (χ1n) is 8.24. The number of benzene rings is 2. The summed E-state index contributed by atoms with van der Waals surface area (Å²) in [5.41, 5.74) is 2.65. The zero-order valence-corrected chi connectivity index (χ0v) is 17.2. The van der Waals surface area contributed by atoms with Crippen molar-refractivity contribution in [2.45, 2.75) is 24.4 Å². The number of aromatic nitrogens is 3. The predicted octanol–water partition coefficient (Wildman–Crippen LogP) is 4.65. The summed E-state index contributed by atoms with van der Waals surface area (Å²) >= 11 is 13.7. The van der Waals surface area contributed by atoms with Crippen molar-refractivity contribution in [1.29, 1.82) is 0 Å². The van der Waals surface area contributed by atoms with E-state index in [2.05, 4.69) is 15.5 Å². The van der Waals surface area contributed by atoms with E-state index in [1.165, 1.54) is 11.8 Å². The number of hydrogen-bond acceptors (Lipinski definition) is 4. The SMILES string of the molecule is Cc1cccc(C(=O)NCc2nnc(SCc3ccc(Cl)cc3Cl)n2C)c1. The fourth-order valence-corrected chi connectivity index (χ4v) is 3.94. The van der Waals surface area contributed by atoms with Crippen LogP contribution in [0.4, 0.5) is 0 Å². The molecule has 140 valence electrons. The highest BCUT2D eigenvalue weighted by molar-refractivity contribution is 7.98. The molecule has 1 amide bonds. The predicted molar refractivity (Wildman–Crippen MR) is 109 cm³/mol. The van der Waals surface area contributed by atoms with Gasteiger partial charge in [-0.05, 0) is 36.8 Å². The Hall–Kier alpha value is -2.02. The maximum absolute atomic E-state index is 12.3. The highest BCUT2D eigenvalue weighted by Crippen LogP contribution is 2.27. The molecule has 0 aliphatic heterocycles. The van der Waals surface area contributed by atoms with Crippen LogP contribution in [0.2, 0.25) is 10.0 Å². The van der Waals surface area contributed by atoms with Crippen LogP contribution in [0.25, 0.3) is 0 Å².